The second kappa shape index (κ2) is 14.2. The lowest BCUT2D eigenvalue weighted by molar-refractivity contribution is 0.0805. The van der Waals surface area contributed by atoms with Gasteiger partial charge in [-0.1, -0.05) is 29.8 Å². The molecule has 1 saturated heterocycles. The summed E-state index contributed by atoms with van der Waals surface area (Å²) in [6.45, 7) is 7.47. The molecule has 1 aliphatic carbocycles. The van der Waals surface area contributed by atoms with Gasteiger partial charge < -0.3 is 25.8 Å². The molecule has 11 heteroatoms. The summed E-state index contributed by atoms with van der Waals surface area (Å²) in [6.07, 6.45) is 5.70. The number of nitrogens with one attached hydrogen (secondary N) is 3. The number of carbonyl (C=O) groups is 1. The summed E-state index contributed by atoms with van der Waals surface area (Å²) in [6, 6.07) is 12.0. The Hall–Kier alpha value is -3.44. The maximum absolute atomic E-state index is 12.6. The molecule has 2 aliphatic rings. The van der Waals surface area contributed by atoms with Crippen LogP contribution in [0.3, 0.4) is 0 Å². The van der Waals surface area contributed by atoms with Gasteiger partial charge in [-0.05, 0) is 61.9 Å². The zero-order valence-electron chi connectivity index (χ0n) is 24.3. The molecule has 5 rings (SSSR count). The number of ether oxygens (including phenoxy) is 1. The second-order valence-corrected chi connectivity index (χ2v) is 11.1. The number of para-hydroxylation sites is 1. The molecule has 0 radical (unpaired) electrons. The summed E-state index contributed by atoms with van der Waals surface area (Å²) in [4.78, 5) is 26.5. The minimum Gasteiger partial charge on any atom is -0.494 e. The van der Waals surface area contributed by atoms with Gasteiger partial charge in [0.1, 0.15) is 10.8 Å². The van der Waals surface area contributed by atoms with Crippen molar-refractivity contribution in [2.75, 3.05) is 63.6 Å². The van der Waals surface area contributed by atoms with Crippen LogP contribution in [0.25, 0.3) is 0 Å². The molecule has 1 atom stereocenters. The average molecular weight is 594 g/mol. The Bertz CT molecular complexity index is 1380. The van der Waals surface area contributed by atoms with E-state index in [1.807, 2.05) is 31.2 Å². The molecule has 0 bridgehead atoms. The summed E-state index contributed by atoms with van der Waals surface area (Å²) in [7, 11) is 1.71. The van der Waals surface area contributed by atoms with Gasteiger partial charge >= 0.3 is 0 Å². The Morgan fingerprint density at radius 3 is 2.69 bits per heavy atom. The van der Waals surface area contributed by atoms with Crippen LogP contribution in [0.4, 0.5) is 23.1 Å². The minimum absolute atomic E-state index is 0.176. The molecule has 1 fully saturated rings. The van der Waals surface area contributed by atoms with E-state index in [2.05, 4.69) is 41.8 Å². The first-order valence-electron chi connectivity index (χ1n) is 14.7. The highest BCUT2D eigenvalue weighted by Gasteiger charge is 2.28. The van der Waals surface area contributed by atoms with E-state index in [9.17, 15) is 9.90 Å². The van der Waals surface area contributed by atoms with Gasteiger partial charge in [0, 0.05) is 45.3 Å². The fourth-order valence-corrected chi connectivity index (χ4v) is 6.09. The Balaban J connectivity index is 1.33. The first kappa shape index (κ1) is 30.0. The van der Waals surface area contributed by atoms with E-state index in [1.165, 1.54) is 17.3 Å². The maximum Gasteiger partial charge on any atom is 0.253 e. The van der Waals surface area contributed by atoms with Gasteiger partial charge in [0.25, 0.3) is 5.91 Å². The van der Waals surface area contributed by atoms with Crippen LogP contribution < -0.4 is 20.7 Å². The summed E-state index contributed by atoms with van der Waals surface area (Å²) in [5.41, 5.74) is 4.44. The van der Waals surface area contributed by atoms with Crippen molar-refractivity contribution < 1.29 is 14.6 Å². The Morgan fingerprint density at radius 1 is 1.12 bits per heavy atom. The average Bonchev–Trinajstić information content (AvgIpc) is 3.22. The van der Waals surface area contributed by atoms with Gasteiger partial charge in [-0.15, -0.1) is 0 Å². The quantitative estimate of drug-likeness (QED) is 0.256. The summed E-state index contributed by atoms with van der Waals surface area (Å²) >= 11 is 6.46. The van der Waals surface area contributed by atoms with Crippen molar-refractivity contribution in [2.24, 2.45) is 0 Å². The Morgan fingerprint density at radius 2 is 1.93 bits per heavy atom. The van der Waals surface area contributed by atoms with Gasteiger partial charge in [-0.2, -0.15) is 4.98 Å². The Labute approximate surface area is 252 Å². The van der Waals surface area contributed by atoms with Crippen molar-refractivity contribution in [3.05, 3.63) is 64.3 Å². The highest BCUT2D eigenvalue weighted by Crippen LogP contribution is 2.38. The number of anilines is 4. The number of aliphatic hydroxyl groups excluding tert-OH is 1. The van der Waals surface area contributed by atoms with Gasteiger partial charge in [0.2, 0.25) is 5.95 Å². The molecule has 1 amide bonds. The van der Waals surface area contributed by atoms with Crippen molar-refractivity contribution in [1.82, 2.24) is 25.1 Å². The van der Waals surface area contributed by atoms with E-state index in [1.54, 1.807) is 13.2 Å². The van der Waals surface area contributed by atoms with E-state index < -0.39 is 0 Å². The predicted molar refractivity (Wildman–Crippen MR) is 167 cm³/mol. The molecule has 3 aromatic rings. The van der Waals surface area contributed by atoms with Crippen LogP contribution in [-0.2, 0) is 12.8 Å². The van der Waals surface area contributed by atoms with Crippen molar-refractivity contribution in [1.29, 1.82) is 0 Å². The predicted octanol–water partition coefficient (Wildman–Crippen LogP) is 4.23. The number of piperazine rings is 1. The lowest BCUT2D eigenvalue weighted by Gasteiger charge is -2.39. The monoisotopic (exact) mass is 593 g/mol. The first-order chi connectivity index (χ1) is 20.5. The fourth-order valence-electron chi connectivity index (χ4n) is 5.95. The number of benzene rings is 2. The number of nitrogens with zero attached hydrogens (tertiary/aromatic N) is 4. The molecule has 42 heavy (non-hydrogen) atoms. The third-order valence-electron chi connectivity index (χ3n) is 8.07. The number of halogens is 1. The van der Waals surface area contributed by atoms with Crippen LogP contribution in [-0.4, -0.2) is 89.8 Å². The van der Waals surface area contributed by atoms with Crippen LogP contribution in [0.15, 0.2) is 42.6 Å². The topological polar surface area (TPSA) is 115 Å². The molecule has 0 unspecified atom stereocenters. The molecule has 2 aromatic carbocycles. The highest BCUT2D eigenvalue weighted by molar-refractivity contribution is 6.33. The third kappa shape index (κ3) is 6.95. The second-order valence-electron chi connectivity index (χ2n) is 10.7. The van der Waals surface area contributed by atoms with Crippen molar-refractivity contribution in [3.63, 3.8) is 0 Å². The standard InChI is InChI=1S/C31H40ClN7O3/c1-3-33-30(41)24-8-4-5-10-26(24)35-29-25(32)20-34-31(37-29)36-27-12-11-21-19-22(7-6-9-23(21)28(27)42-2)39-15-13-38(14-16-39)17-18-40/h4-5,8,10-12,20,22,40H,3,6-7,9,13-19H2,1-2H3,(H,33,41)(H2,34,35,36,37)/t22-/m1/s1. The largest absolute Gasteiger partial charge is 0.494 e. The molecular weight excluding hydrogens is 554 g/mol. The first-order valence-corrected chi connectivity index (χ1v) is 15.1. The Kier molecular flexibility index (Phi) is 10.1. The molecule has 2 heterocycles. The molecule has 0 saturated carbocycles. The number of methoxy groups -OCH3 is 1. The minimum atomic E-state index is -0.176. The van der Waals surface area contributed by atoms with Gasteiger partial charge in [0.15, 0.2) is 5.82 Å². The number of rotatable bonds is 10. The van der Waals surface area contributed by atoms with E-state index in [0.29, 0.717) is 40.6 Å². The van der Waals surface area contributed by atoms with Crippen molar-refractivity contribution in [2.45, 2.75) is 38.6 Å². The number of hydrogen-bond acceptors (Lipinski definition) is 9. The lowest BCUT2D eigenvalue weighted by Crippen LogP contribution is -2.51. The van der Waals surface area contributed by atoms with E-state index in [4.69, 9.17) is 16.3 Å². The molecule has 224 valence electrons. The van der Waals surface area contributed by atoms with Crippen molar-refractivity contribution >= 4 is 40.6 Å². The van der Waals surface area contributed by atoms with Crippen LogP contribution in [0, 0.1) is 0 Å². The highest BCUT2D eigenvalue weighted by atomic mass is 35.5. The van der Waals surface area contributed by atoms with Crippen molar-refractivity contribution in [3.8, 4) is 5.75 Å². The molecule has 0 spiro atoms. The van der Waals surface area contributed by atoms with Gasteiger partial charge in [-0.25, -0.2) is 4.98 Å². The lowest BCUT2D eigenvalue weighted by atomic mass is 9.98. The summed E-state index contributed by atoms with van der Waals surface area (Å²) in [5, 5.41) is 19.0. The molecule has 4 N–H and O–H groups in total. The summed E-state index contributed by atoms with van der Waals surface area (Å²) in [5.74, 6) is 1.39. The van der Waals surface area contributed by atoms with Crippen LogP contribution in [0.2, 0.25) is 5.02 Å². The van der Waals surface area contributed by atoms with E-state index in [0.717, 1.165) is 69.8 Å². The number of aliphatic hydroxyl groups is 1. The zero-order valence-corrected chi connectivity index (χ0v) is 25.1. The van der Waals surface area contributed by atoms with Crippen LogP contribution in [0.1, 0.15) is 41.3 Å². The molecule has 1 aromatic heterocycles. The smallest absolute Gasteiger partial charge is 0.253 e. The molecule has 1 aliphatic heterocycles. The van der Waals surface area contributed by atoms with Crippen LogP contribution >= 0.6 is 11.6 Å². The SMILES string of the molecule is CCNC(=O)c1ccccc1Nc1nc(Nc2ccc3c(c2OC)CCC[C@@H](N2CCN(CCO)CC2)C3)ncc1Cl. The summed E-state index contributed by atoms with van der Waals surface area (Å²) < 4.78 is 5.96. The molecular formula is C31H40ClN7O3. The normalized spacial score (nSPS) is 17.7. The number of carbonyl (C=O) groups excluding carboxylic acids is 1. The van der Waals surface area contributed by atoms with E-state index in [-0.39, 0.29) is 12.5 Å². The zero-order chi connectivity index (χ0) is 29.5. The number of aromatic nitrogens is 2. The van der Waals surface area contributed by atoms with Gasteiger partial charge in [-0.3, -0.25) is 14.6 Å². The number of β-amino-alcohol motifs (C(OH)–C–C–N with tert-alkyl or cyclic N) is 1. The van der Waals surface area contributed by atoms with Gasteiger partial charge in [0.05, 0.1) is 36.9 Å². The third-order valence-corrected chi connectivity index (χ3v) is 8.35. The fraction of sp³-hybridized carbons (Fsp3) is 0.452. The van der Waals surface area contributed by atoms with Crippen LogP contribution in [0.5, 0.6) is 5.75 Å². The molecule has 10 nitrogen and oxygen atoms in total. The maximum atomic E-state index is 12.6. The number of fused-ring (bicyclic) bond motifs is 1. The van der Waals surface area contributed by atoms with E-state index >= 15 is 0 Å². The number of hydrogen-bond donors (Lipinski definition) is 4. The number of amides is 1.